The van der Waals surface area contributed by atoms with E-state index in [4.69, 9.17) is 0 Å². The predicted molar refractivity (Wildman–Crippen MR) is 101 cm³/mol. The number of hydrogen-bond acceptors (Lipinski definition) is 6. The van der Waals surface area contributed by atoms with E-state index in [1.807, 2.05) is 44.2 Å². The van der Waals surface area contributed by atoms with Gasteiger partial charge in [-0.3, -0.25) is 15.5 Å². The number of nitrogens with one attached hydrogen (secondary N) is 1. The first-order valence-electron chi connectivity index (χ1n) is 7.62. The number of nitro benzene ring substituents is 1. The van der Waals surface area contributed by atoms with Crippen molar-refractivity contribution < 1.29 is 4.92 Å². The fourth-order valence-electron chi connectivity index (χ4n) is 2.33. The molecule has 0 fully saturated rings. The molecule has 3 rings (SSSR count). The van der Waals surface area contributed by atoms with Gasteiger partial charge in [-0.25, -0.2) is 4.98 Å². The minimum atomic E-state index is -0.419. The summed E-state index contributed by atoms with van der Waals surface area (Å²) in [4.78, 5) is 16.0. The lowest BCUT2D eigenvalue weighted by Gasteiger charge is -2.01. The molecule has 0 bridgehead atoms. The summed E-state index contributed by atoms with van der Waals surface area (Å²) < 4.78 is 0. The van der Waals surface area contributed by atoms with Crippen LogP contribution in [-0.4, -0.2) is 15.6 Å². The fraction of sp³-hybridized carbons (Fsp3) is 0.111. The van der Waals surface area contributed by atoms with Gasteiger partial charge < -0.3 is 0 Å². The molecule has 0 amide bonds. The van der Waals surface area contributed by atoms with E-state index in [-0.39, 0.29) is 5.69 Å². The summed E-state index contributed by atoms with van der Waals surface area (Å²) >= 11 is 1.53. The van der Waals surface area contributed by atoms with Gasteiger partial charge >= 0.3 is 0 Å². The van der Waals surface area contributed by atoms with Gasteiger partial charge in [-0.05, 0) is 31.5 Å². The monoisotopic (exact) mass is 352 g/mol. The number of non-ortho nitro benzene ring substituents is 1. The Labute approximate surface area is 149 Å². The Hall–Kier alpha value is -3.06. The molecule has 0 atom stereocenters. The van der Waals surface area contributed by atoms with Crippen LogP contribution in [0.4, 0.5) is 10.8 Å². The molecule has 1 N–H and O–H groups in total. The quantitative estimate of drug-likeness (QED) is 0.404. The predicted octanol–water partition coefficient (Wildman–Crippen LogP) is 4.86. The minimum Gasteiger partial charge on any atom is -0.258 e. The molecule has 0 aliphatic heterocycles. The van der Waals surface area contributed by atoms with Crippen LogP contribution in [0.2, 0.25) is 0 Å². The van der Waals surface area contributed by atoms with Crippen molar-refractivity contribution in [2.24, 2.45) is 5.10 Å². The Morgan fingerprint density at radius 2 is 1.84 bits per heavy atom. The van der Waals surface area contributed by atoms with Crippen LogP contribution in [0.15, 0.2) is 59.7 Å². The molecule has 7 heteroatoms. The minimum absolute atomic E-state index is 0.0626. The average Bonchev–Trinajstić information content (AvgIpc) is 3.01. The molecule has 0 saturated heterocycles. The zero-order chi connectivity index (χ0) is 17.8. The number of hydrogen-bond donors (Lipinski definition) is 1. The van der Waals surface area contributed by atoms with Crippen LogP contribution < -0.4 is 5.43 Å². The number of nitrogens with zero attached hydrogens (tertiary/aromatic N) is 3. The second-order valence-corrected chi connectivity index (χ2v) is 6.61. The summed E-state index contributed by atoms with van der Waals surface area (Å²) in [6.07, 6.45) is 0. The summed E-state index contributed by atoms with van der Waals surface area (Å²) in [5, 5.41) is 15.7. The molecule has 1 heterocycles. The van der Waals surface area contributed by atoms with E-state index in [0.29, 0.717) is 5.13 Å². The number of thiazole rings is 1. The molecule has 0 unspecified atom stereocenters. The number of rotatable bonds is 5. The van der Waals surface area contributed by atoms with Crippen LogP contribution in [0, 0.1) is 17.0 Å². The van der Waals surface area contributed by atoms with Crippen molar-refractivity contribution in [3.05, 3.63) is 75.2 Å². The topological polar surface area (TPSA) is 80.4 Å². The van der Waals surface area contributed by atoms with Crippen molar-refractivity contribution in [3.8, 4) is 11.3 Å². The lowest BCUT2D eigenvalue weighted by Crippen LogP contribution is -2.00. The molecule has 0 saturated carbocycles. The second kappa shape index (κ2) is 7.23. The Balaban J connectivity index is 1.76. The third kappa shape index (κ3) is 3.89. The Morgan fingerprint density at radius 1 is 1.16 bits per heavy atom. The molecule has 0 spiro atoms. The third-order valence-electron chi connectivity index (χ3n) is 3.66. The van der Waals surface area contributed by atoms with Crippen LogP contribution in [-0.2, 0) is 0 Å². The molecule has 0 radical (unpaired) electrons. The molecule has 25 heavy (non-hydrogen) atoms. The first-order chi connectivity index (χ1) is 12.0. The van der Waals surface area contributed by atoms with Crippen LogP contribution in [0.25, 0.3) is 11.3 Å². The number of hydrazone groups is 1. The van der Waals surface area contributed by atoms with Crippen molar-refractivity contribution in [2.75, 3.05) is 5.43 Å². The van der Waals surface area contributed by atoms with Crippen molar-refractivity contribution in [3.63, 3.8) is 0 Å². The molecular formula is C18H16N4O2S. The van der Waals surface area contributed by atoms with Crippen molar-refractivity contribution in [1.82, 2.24) is 4.98 Å². The van der Waals surface area contributed by atoms with E-state index < -0.39 is 4.92 Å². The lowest BCUT2D eigenvalue weighted by molar-refractivity contribution is -0.384. The van der Waals surface area contributed by atoms with Gasteiger partial charge in [0.25, 0.3) is 5.69 Å². The summed E-state index contributed by atoms with van der Waals surface area (Å²) in [5.74, 6) is 0. The highest BCUT2D eigenvalue weighted by Gasteiger charge is 2.09. The summed E-state index contributed by atoms with van der Waals surface area (Å²) in [6.45, 7) is 3.87. The Kier molecular flexibility index (Phi) is 4.85. The Bertz CT molecular complexity index is 918. The van der Waals surface area contributed by atoms with Crippen LogP contribution >= 0.6 is 11.3 Å². The molecular weight excluding hydrogens is 336 g/mol. The third-order valence-corrected chi connectivity index (χ3v) is 4.53. The van der Waals surface area contributed by atoms with Gasteiger partial charge in [0.15, 0.2) is 0 Å². The summed E-state index contributed by atoms with van der Waals surface area (Å²) in [7, 11) is 0. The molecule has 1 aromatic heterocycles. The molecule has 6 nitrogen and oxygen atoms in total. The fourth-order valence-corrected chi connectivity index (χ4v) is 3.11. The average molecular weight is 352 g/mol. The van der Waals surface area contributed by atoms with Gasteiger partial charge in [0.05, 0.1) is 16.3 Å². The highest BCUT2D eigenvalue weighted by Crippen LogP contribution is 2.30. The highest BCUT2D eigenvalue weighted by atomic mass is 32.1. The lowest BCUT2D eigenvalue weighted by atomic mass is 10.1. The normalized spacial score (nSPS) is 11.4. The van der Waals surface area contributed by atoms with Crippen LogP contribution in [0.1, 0.15) is 17.4 Å². The van der Waals surface area contributed by atoms with E-state index in [1.54, 1.807) is 12.1 Å². The first kappa shape index (κ1) is 16.8. The van der Waals surface area contributed by atoms with Gasteiger partial charge in [-0.2, -0.15) is 5.10 Å². The molecule has 2 aromatic carbocycles. The van der Waals surface area contributed by atoms with Crippen molar-refractivity contribution >= 4 is 27.9 Å². The van der Waals surface area contributed by atoms with Gasteiger partial charge in [-0.15, -0.1) is 11.3 Å². The number of aromatic nitrogens is 1. The van der Waals surface area contributed by atoms with Gasteiger partial charge in [0, 0.05) is 22.6 Å². The number of nitro groups is 1. The number of benzene rings is 2. The maximum Gasteiger partial charge on any atom is 0.269 e. The van der Waals surface area contributed by atoms with E-state index in [9.17, 15) is 10.1 Å². The zero-order valence-corrected chi connectivity index (χ0v) is 14.6. The Morgan fingerprint density at radius 3 is 2.48 bits per heavy atom. The summed E-state index contributed by atoms with van der Waals surface area (Å²) in [6, 6.07) is 16.3. The van der Waals surface area contributed by atoms with E-state index >= 15 is 0 Å². The maximum absolute atomic E-state index is 10.7. The van der Waals surface area contributed by atoms with Crippen LogP contribution in [0.5, 0.6) is 0 Å². The standard InChI is InChI=1S/C18H16N4O2S/c1-12(14-8-10-16(11-9-14)22(23)24)20-21-18-19-17(13(2)25-18)15-6-4-3-5-7-15/h3-11H,1-2H3,(H,19,21)/b20-12-. The van der Waals surface area contributed by atoms with E-state index in [1.165, 1.54) is 23.5 Å². The van der Waals surface area contributed by atoms with E-state index in [2.05, 4.69) is 15.5 Å². The van der Waals surface area contributed by atoms with Crippen molar-refractivity contribution in [1.29, 1.82) is 0 Å². The van der Waals surface area contributed by atoms with Gasteiger partial charge in [0.2, 0.25) is 5.13 Å². The SMILES string of the molecule is C/C(=N/Nc1nc(-c2ccccc2)c(C)s1)c1ccc([N+](=O)[O-])cc1. The number of anilines is 1. The maximum atomic E-state index is 10.7. The number of aryl methyl sites for hydroxylation is 1. The van der Waals surface area contributed by atoms with Gasteiger partial charge in [-0.1, -0.05) is 30.3 Å². The first-order valence-corrected chi connectivity index (χ1v) is 8.44. The molecule has 126 valence electrons. The van der Waals surface area contributed by atoms with Gasteiger partial charge in [0.1, 0.15) is 0 Å². The van der Waals surface area contributed by atoms with E-state index in [0.717, 1.165) is 27.4 Å². The molecule has 0 aliphatic carbocycles. The zero-order valence-electron chi connectivity index (χ0n) is 13.8. The highest BCUT2D eigenvalue weighted by molar-refractivity contribution is 7.16. The smallest absolute Gasteiger partial charge is 0.258 e. The van der Waals surface area contributed by atoms with Crippen LogP contribution in [0.3, 0.4) is 0 Å². The summed E-state index contributed by atoms with van der Waals surface area (Å²) in [5.41, 5.74) is 6.59. The second-order valence-electron chi connectivity index (χ2n) is 5.40. The van der Waals surface area contributed by atoms with Crippen molar-refractivity contribution in [2.45, 2.75) is 13.8 Å². The molecule has 0 aliphatic rings. The largest absolute Gasteiger partial charge is 0.269 e. The molecule has 3 aromatic rings.